The Morgan fingerprint density at radius 1 is 1.50 bits per heavy atom. The second kappa shape index (κ2) is 3.79. The SMILES string of the molecule is Cc1c(Cl)cccc1N1CCC(O)C1. The van der Waals surface area contributed by atoms with E-state index in [9.17, 15) is 5.11 Å². The van der Waals surface area contributed by atoms with Gasteiger partial charge in [0.15, 0.2) is 0 Å². The zero-order valence-corrected chi connectivity index (χ0v) is 8.96. The van der Waals surface area contributed by atoms with E-state index in [-0.39, 0.29) is 6.10 Å². The van der Waals surface area contributed by atoms with E-state index in [0.717, 1.165) is 35.8 Å². The molecule has 0 aromatic heterocycles. The van der Waals surface area contributed by atoms with Crippen molar-refractivity contribution in [3.8, 4) is 0 Å². The highest BCUT2D eigenvalue weighted by Crippen LogP contribution is 2.28. The summed E-state index contributed by atoms with van der Waals surface area (Å²) in [6.45, 7) is 3.66. The van der Waals surface area contributed by atoms with Crippen LogP contribution in [0.5, 0.6) is 0 Å². The summed E-state index contributed by atoms with van der Waals surface area (Å²) in [6, 6.07) is 5.90. The number of hydrogen-bond donors (Lipinski definition) is 1. The van der Waals surface area contributed by atoms with Crippen molar-refractivity contribution in [3.63, 3.8) is 0 Å². The van der Waals surface area contributed by atoms with Crippen LogP contribution in [0.25, 0.3) is 0 Å². The van der Waals surface area contributed by atoms with Crippen LogP contribution >= 0.6 is 11.6 Å². The summed E-state index contributed by atoms with van der Waals surface area (Å²) in [5.41, 5.74) is 2.25. The van der Waals surface area contributed by atoms with Crippen molar-refractivity contribution >= 4 is 17.3 Å². The number of β-amino-alcohol motifs (C(OH)–C–C–N with tert-alkyl or cyclic N) is 1. The fraction of sp³-hybridized carbons (Fsp3) is 0.455. The van der Waals surface area contributed by atoms with Crippen LogP contribution in [-0.2, 0) is 0 Å². The van der Waals surface area contributed by atoms with Gasteiger partial charge in [0.05, 0.1) is 6.10 Å². The minimum absolute atomic E-state index is 0.187. The van der Waals surface area contributed by atoms with Crippen molar-refractivity contribution in [2.75, 3.05) is 18.0 Å². The molecule has 0 aliphatic carbocycles. The number of anilines is 1. The molecule has 0 radical (unpaired) electrons. The number of rotatable bonds is 1. The Morgan fingerprint density at radius 2 is 2.29 bits per heavy atom. The Kier molecular flexibility index (Phi) is 2.66. The molecule has 2 nitrogen and oxygen atoms in total. The minimum Gasteiger partial charge on any atom is -0.391 e. The first-order chi connectivity index (χ1) is 6.68. The van der Waals surface area contributed by atoms with Gasteiger partial charge in [0.25, 0.3) is 0 Å². The topological polar surface area (TPSA) is 23.5 Å². The van der Waals surface area contributed by atoms with Crippen molar-refractivity contribution in [2.24, 2.45) is 0 Å². The maximum absolute atomic E-state index is 9.45. The molecule has 0 bridgehead atoms. The average molecular weight is 212 g/mol. The molecule has 14 heavy (non-hydrogen) atoms. The highest BCUT2D eigenvalue weighted by Gasteiger charge is 2.21. The molecule has 1 atom stereocenters. The molecular weight excluding hydrogens is 198 g/mol. The van der Waals surface area contributed by atoms with Gasteiger partial charge >= 0.3 is 0 Å². The van der Waals surface area contributed by atoms with Crippen LogP contribution in [0.4, 0.5) is 5.69 Å². The Bertz CT molecular complexity index is 340. The second-order valence-corrected chi connectivity index (χ2v) is 4.18. The van der Waals surface area contributed by atoms with Crippen molar-refractivity contribution in [1.82, 2.24) is 0 Å². The molecule has 1 aliphatic heterocycles. The lowest BCUT2D eigenvalue weighted by Crippen LogP contribution is -2.21. The van der Waals surface area contributed by atoms with E-state index >= 15 is 0 Å². The number of aliphatic hydroxyl groups is 1. The van der Waals surface area contributed by atoms with E-state index in [0.29, 0.717) is 0 Å². The van der Waals surface area contributed by atoms with E-state index in [1.165, 1.54) is 0 Å². The van der Waals surface area contributed by atoms with Crippen molar-refractivity contribution in [3.05, 3.63) is 28.8 Å². The Morgan fingerprint density at radius 3 is 2.93 bits per heavy atom. The van der Waals surface area contributed by atoms with Gasteiger partial charge in [-0.2, -0.15) is 0 Å². The Labute approximate surface area is 89.1 Å². The predicted molar refractivity (Wildman–Crippen MR) is 59.0 cm³/mol. The lowest BCUT2D eigenvalue weighted by atomic mass is 10.2. The van der Waals surface area contributed by atoms with Gasteiger partial charge in [-0.05, 0) is 31.0 Å². The monoisotopic (exact) mass is 211 g/mol. The molecule has 76 valence electrons. The molecule has 1 unspecified atom stereocenters. The highest BCUT2D eigenvalue weighted by molar-refractivity contribution is 6.31. The zero-order chi connectivity index (χ0) is 10.1. The first kappa shape index (κ1) is 9.81. The summed E-state index contributed by atoms with van der Waals surface area (Å²) in [4.78, 5) is 2.19. The number of benzene rings is 1. The van der Waals surface area contributed by atoms with Crippen molar-refractivity contribution < 1.29 is 5.11 Å². The standard InChI is InChI=1S/C11H14ClNO/c1-8-10(12)3-2-4-11(8)13-6-5-9(14)7-13/h2-4,9,14H,5-7H2,1H3. The molecular formula is C11H14ClNO. The van der Waals surface area contributed by atoms with E-state index < -0.39 is 0 Å². The summed E-state index contributed by atoms with van der Waals surface area (Å²) >= 11 is 6.04. The maximum Gasteiger partial charge on any atom is 0.0731 e. The van der Waals surface area contributed by atoms with Gasteiger partial charge in [0.2, 0.25) is 0 Å². The summed E-state index contributed by atoms with van der Waals surface area (Å²) in [5.74, 6) is 0. The number of aliphatic hydroxyl groups excluding tert-OH is 1. The van der Waals surface area contributed by atoms with Gasteiger partial charge in [0, 0.05) is 23.8 Å². The molecule has 0 amide bonds. The van der Waals surface area contributed by atoms with E-state index in [2.05, 4.69) is 11.0 Å². The third kappa shape index (κ3) is 1.72. The summed E-state index contributed by atoms with van der Waals surface area (Å²) < 4.78 is 0. The smallest absolute Gasteiger partial charge is 0.0731 e. The van der Waals surface area contributed by atoms with Gasteiger partial charge in [-0.25, -0.2) is 0 Å². The van der Waals surface area contributed by atoms with Crippen LogP contribution in [0.3, 0.4) is 0 Å². The van der Waals surface area contributed by atoms with E-state index in [1.807, 2.05) is 19.1 Å². The van der Waals surface area contributed by atoms with Crippen molar-refractivity contribution in [1.29, 1.82) is 0 Å². The molecule has 1 aromatic rings. The molecule has 0 saturated carbocycles. The summed E-state index contributed by atoms with van der Waals surface area (Å²) in [5, 5.41) is 10.2. The third-order valence-electron chi connectivity index (χ3n) is 2.74. The molecule has 1 saturated heterocycles. The van der Waals surface area contributed by atoms with Crippen LogP contribution in [0.1, 0.15) is 12.0 Å². The first-order valence-corrected chi connectivity index (χ1v) is 5.24. The maximum atomic E-state index is 9.45. The van der Waals surface area contributed by atoms with E-state index in [4.69, 9.17) is 11.6 Å². The number of nitrogens with zero attached hydrogens (tertiary/aromatic N) is 1. The molecule has 2 rings (SSSR count). The molecule has 1 aromatic carbocycles. The normalized spacial score (nSPS) is 21.6. The fourth-order valence-electron chi connectivity index (χ4n) is 1.90. The molecule has 1 heterocycles. The van der Waals surface area contributed by atoms with Gasteiger partial charge in [-0.1, -0.05) is 17.7 Å². The van der Waals surface area contributed by atoms with Crippen LogP contribution in [0.15, 0.2) is 18.2 Å². The van der Waals surface area contributed by atoms with Gasteiger partial charge in [0.1, 0.15) is 0 Å². The largest absolute Gasteiger partial charge is 0.391 e. The number of hydrogen-bond acceptors (Lipinski definition) is 2. The fourth-order valence-corrected chi connectivity index (χ4v) is 2.07. The second-order valence-electron chi connectivity index (χ2n) is 3.77. The quantitative estimate of drug-likeness (QED) is 0.770. The number of halogens is 1. The molecule has 1 fully saturated rings. The predicted octanol–water partition coefficient (Wildman–Crippen LogP) is 2.22. The lowest BCUT2D eigenvalue weighted by Gasteiger charge is -2.20. The van der Waals surface area contributed by atoms with Crippen molar-refractivity contribution in [2.45, 2.75) is 19.4 Å². The first-order valence-electron chi connectivity index (χ1n) is 4.86. The molecule has 3 heteroatoms. The summed E-state index contributed by atoms with van der Waals surface area (Å²) in [7, 11) is 0. The van der Waals surface area contributed by atoms with Gasteiger partial charge in [-0.3, -0.25) is 0 Å². The van der Waals surface area contributed by atoms with Crippen LogP contribution in [0, 0.1) is 6.92 Å². The average Bonchev–Trinajstić information content (AvgIpc) is 2.57. The van der Waals surface area contributed by atoms with Crippen LogP contribution in [-0.4, -0.2) is 24.3 Å². The Hall–Kier alpha value is -0.730. The molecule has 0 spiro atoms. The minimum atomic E-state index is -0.187. The lowest BCUT2D eigenvalue weighted by molar-refractivity contribution is 0.198. The van der Waals surface area contributed by atoms with Crippen LogP contribution in [0.2, 0.25) is 5.02 Å². The zero-order valence-electron chi connectivity index (χ0n) is 8.20. The highest BCUT2D eigenvalue weighted by atomic mass is 35.5. The molecule has 1 aliphatic rings. The molecule has 1 N–H and O–H groups in total. The summed E-state index contributed by atoms with van der Waals surface area (Å²) in [6.07, 6.45) is 0.666. The Balaban J connectivity index is 2.28. The van der Waals surface area contributed by atoms with Gasteiger partial charge < -0.3 is 10.0 Å². The van der Waals surface area contributed by atoms with E-state index in [1.54, 1.807) is 0 Å². The van der Waals surface area contributed by atoms with Crippen LogP contribution < -0.4 is 4.90 Å². The van der Waals surface area contributed by atoms with Gasteiger partial charge in [-0.15, -0.1) is 0 Å². The third-order valence-corrected chi connectivity index (χ3v) is 3.15.